The van der Waals surface area contributed by atoms with Crippen molar-refractivity contribution in [1.82, 2.24) is 0 Å². The van der Waals surface area contributed by atoms with Gasteiger partial charge in [0.25, 0.3) is 0 Å². The second-order valence-corrected chi connectivity index (χ2v) is 9.71. The molecule has 0 amide bonds. The molecule has 0 aromatic carbocycles. The van der Waals surface area contributed by atoms with Gasteiger partial charge in [0.15, 0.2) is 0 Å². The van der Waals surface area contributed by atoms with Gasteiger partial charge in [0.05, 0.1) is 16.8 Å². The van der Waals surface area contributed by atoms with Crippen molar-refractivity contribution < 1.29 is 14.2 Å². The van der Waals surface area contributed by atoms with Crippen LogP contribution in [0.4, 0.5) is 0 Å². The molecule has 0 radical (unpaired) electrons. The highest BCUT2D eigenvalue weighted by Crippen LogP contribution is 2.88. The Morgan fingerprint density at radius 1 is 0.800 bits per heavy atom. The van der Waals surface area contributed by atoms with Gasteiger partial charge in [-0.15, -0.1) is 0 Å². The molecule has 0 bridgehead atoms. The van der Waals surface area contributed by atoms with Crippen molar-refractivity contribution in [2.45, 2.75) is 102 Å². The van der Waals surface area contributed by atoms with Crippen LogP contribution < -0.4 is 0 Å². The van der Waals surface area contributed by atoms with Gasteiger partial charge in [-0.25, -0.2) is 0 Å². The second kappa shape index (κ2) is 6.21. The van der Waals surface area contributed by atoms with Crippen molar-refractivity contribution in [2.75, 3.05) is 21.3 Å². The van der Waals surface area contributed by atoms with Crippen LogP contribution in [0.5, 0.6) is 0 Å². The van der Waals surface area contributed by atoms with Gasteiger partial charge < -0.3 is 14.2 Å². The molecule has 3 rings (SSSR count). The normalized spacial score (nSPS) is 50.8. The molecule has 0 aromatic heterocycles. The molecule has 146 valence electrons. The van der Waals surface area contributed by atoms with E-state index in [0.717, 1.165) is 6.42 Å². The van der Waals surface area contributed by atoms with Gasteiger partial charge in [-0.05, 0) is 52.4 Å². The average Bonchev–Trinajstić information content (AvgIpc) is 3.53. The minimum absolute atomic E-state index is 0.00525. The van der Waals surface area contributed by atoms with Crippen LogP contribution in [0.2, 0.25) is 0 Å². The number of hydrogen-bond acceptors (Lipinski definition) is 3. The van der Waals surface area contributed by atoms with Crippen molar-refractivity contribution in [3.63, 3.8) is 0 Å². The molecule has 3 heteroatoms. The van der Waals surface area contributed by atoms with E-state index in [0.29, 0.717) is 5.92 Å². The molecule has 0 aliphatic heterocycles. The maximum Gasteiger partial charge on any atom is 0.0724 e. The third kappa shape index (κ3) is 2.56. The lowest BCUT2D eigenvalue weighted by Gasteiger charge is -2.36. The maximum absolute atomic E-state index is 6.10. The fraction of sp³-hybridized carbons (Fsp3) is 1.00. The lowest BCUT2D eigenvalue weighted by Crippen LogP contribution is -2.39. The molecule has 25 heavy (non-hydrogen) atoms. The summed E-state index contributed by atoms with van der Waals surface area (Å²) in [5.41, 5.74) is 0.489. The fourth-order valence-electron chi connectivity index (χ4n) is 6.55. The fourth-order valence-corrected chi connectivity index (χ4v) is 6.55. The highest BCUT2D eigenvalue weighted by atomic mass is 16.5. The first-order valence-corrected chi connectivity index (χ1v) is 10.4. The van der Waals surface area contributed by atoms with Gasteiger partial charge in [0.2, 0.25) is 0 Å². The van der Waals surface area contributed by atoms with E-state index in [1.807, 2.05) is 21.3 Å². The number of rotatable bonds is 11. The highest BCUT2D eigenvalue weighted by Gasteiger charge is 2.90. The van der Waals surface area contributed by atoms with Crippen LogP contribution >= 0.6 is 0 Å². The Hall–Kier alpha value is -0.120. The predicted octanol–water partition coefficient (Wildman–Crippen LogP) is 5.36. The maximum atomic E-state index is 6.10. The highest BCUT2D eigenvalue weighted by molar-refractivity contribution is 5.39. The molecule has 3 aliphatic carbocycles. The zero-order valence-electron chi connectivity index (χ0n) is 17.7. The second-order valence-electron chi connectivity index (χ2n) is 9.71. The van der Waals surface area contributed by atoms with Gasteiger partial charge in [-0.2, -0.15) is 0 Å². The van der Waals surface area contributed by atoms with Gasteiger partial charge in [0, 0.05) is 32.2 Å². The van der Waals surface area contributed by atoms with Crippen molar-refractivity contribution in [2.24, 2.45) is 16.7 Å². The molecule has 6 atom stereocenters. The molecule has 3 fully saturated rings. The Labute approximate surface area is 155 Å². The smallest absolute Gasteiger partial charge is 0.0724 e. The first-order chi connectivity index (χ1) is 11.7. The topological polar surface area (TPSA) is 27.7 Å². The molecule has 0 aromatic rings. The third-order valence-electron chi connectivity index (χ3n) is 8.67. The zero-order valence-corrected chi connectivity index (χ0v) is 17.7. The van der Waals surface area contributed by atoms with Crippen LogP contribution in [-0.2, 0) is 14.2 Å². The predicted molar refractivity (Wildman–Crippen MR) is 102 cm³/mol. The summed E-state index contributed by atoms with van der Waals surface area (Å²) >= 11 is 0. The Balaban J connectivity index is 1.82. The zero-order chi connectivity index (χ0) is 18.6. The Morgan fingerprint density at radius 3 is 1.88 bits per heavy atom. The van der Waals surface area contributed by atoms with Crippen molar-refractivity contribution >= 4 is 0 Å². The minimum atomic E-state index is -0.0202. The van der Waals surface area contributed by atoms with E-state index in [-0.39, 0.29) is 27.6 Å². The van der Waals surface area contributed by atoms with E-state index >= 15 is 0 Å². The molecule has 0 spiro atoms. The van der Waals surface area contributed by atoms with Crippen LogP contribution in [0.3, 0.4) is 0 Å². The largest absolute Gasteiger partial charge is 0.378 e. The Morgan fingerprint density at radius 2 is 1.44 bits per heavy atom. The summed E-state index contributed by atoms with van der Waals surface area (Å²) in [5.74, 6) is 0.600. The molecule has 0 N–H and O–H groups in total. The lowest BCUT2D eigenvalue weighted by molar-refractivity contribution is -0.0466. The first-order valence-electron chi connectivity index (χ1n) is 10.4. The summed E-state index contributed by atoms with van der Waals surface area (Å²) in [6.45, 7) is 9.23. The minimum Gasteiger partial charge on any atom is -0.378 e. The molecule has 3 saturated carbocycles. The molecule has 0 heterocycles. The Bertz CT molecular complexity index is 508. The first kappa shape index (κ1) is 19.6. The number of methoxy groups -OCH3 is 3. The van der Waals surface area contributed by atoms with E-state index in [4.69, 9.17) is 14.2 Å². The third-order valence-corrected chi connectivity index (χ3v) is 8.67. The van der Waals surface area contributed by atoms with E-state index < -0.39 is 0 Å². The van der Waals surface area contributed by atoms with Gasteiger partial charge >= 0.3 is 0 Å². The van der Waals surface area contributed by atoms with Crippen molar-refractivity contribution in [3.05, 3.63) is 0 Å². The van der Waals surface area contributed by atoms with Crippen LogP contribution in [0.25, 0.3) is 0 Å². The van der Waals surface area contributed by atoms with Crippen molar-refractivity contribution in [3.8, 4) is 0 Å². The Kier molecular flexibility index (Phi) is 4.87. The molecule has 3 nitrogen and oxygen atoms in total. The molecule has 0 saturated heterocycles. The molecular weight excluding hydrogens is 312 g/mol. The number of unbranched alkanes of at least 4 members (excludes halogenated alkanes) is 4. The summed E-state index contributed by atoms with van der Waals surface area (Å²) < 4.78 is 18.1. The lowest BCUT2D eigenvalue weighted by atomic mass is 9.72. The number of hydrogen-bond donors (Lipinski definition) is 0. The van der Waals surface area contributed by atoms with Crippen LogP contribution in [0.1, 0.15) is 85.5 Å². The van der Waals surface area contributed by atoms with E-state index in [1.165, 1.54) is 51.4 Å². The SMILES string of the molecule is CCCCCCCC1(C2(C3CC3(C)OC)CC2(C)OC)CC1(C)OC. The molecular formula is C22H40O3. The summed E-state index contributed by atoms with van der Waals surface area (Å²) in [5, 5.41) is 0. The van der Waals surface area contributed by atoms with E-state index in [2.05, 4.69) is 27.7 Å². The van der Waals surface area contributed by atoms with Gasteiger partial charge in [-0.3, -0.25) is 0 Å². The monoisotopic (exact) mass is 352 g/mol. The summed E-state index contributed by atoms with van der Waals surface area (Å²) in [4.78, 5) is 0. The van der Waals surface area contributed by atoms with Crippen LogP contribution in [0.15, 0.2) is 0 Å². The van der Waals surface area contributed by atoms with E-state index in [1.54, 1.807) is 0 Å². The summed E-state index contributed by atoms with van der Waals surface area (Å²) in [7, 11) is 5.68. The standard InChI is InChI=1S/C22H40O3/c1-8-9-10-11-12-13-21(15-19(21,3)24-6)22(16-20(22,4)25-7)17-14-18(17,2)23-5/h17H,8-16H2,1-7H3. The summed E-state index contributed by atoms with van der Waals surface area (Å²) in [6, 6.07) is 0. The average molecular weight is 353 g/mol. The molecule has 6 unspecified atom stereocenters. The van der Waals surface area contributed by atoms with Crippen LogP contribution in [0, 0.1) is 16.7 Å². The van der Waals surface area contributed by atoms with Gasteiger partial charge in [0.1, 0.15) is 0 Å². The van der Waals surface area contributed by atoms with Crippen LogP contribution in [-0.4, -0.2) is 38.1 Å². The van der Waals surface area contributed by atoms with Crippen molar-refractivity contribution in [1.29, 1.82) is 0 Å². The quantitative estimate of drug-likeness (QED) is 0.468. The summed E-state index contributed by atoms with van der Waals surface area (Å²) in [6.07, 6.45) is 11.5. The molecule has 3 aliphatic rings. The number of ether oxygens (including phenoxy) is 3. The van der Waals surface area contributed by atoms with Gasteiger partial charge in [-0.1, -0.05) is 39.0 Å². The van der Waals surface area contributed by atoms with E-state index in [9.17, 15) is 0 Å².